The molecule has 0 aliphatic rings. The summed E-state index contributed by atoms with van der Waals surface area (Å²) in [7, 11) is -3.89. The molecular formula is C7H9NaO3P. The second kappa shape index (κ2) is 5.18. The first-order valence-corrected chi connectivity index (χ1v) is 4.96. The molecule has 1 radical (unpaired) electrons. The Morgan fingerprint density at radius 3 is 2.08 bits per heavy atom. The van der Waals surface area contributed by atoms with Crippen molar-refractivity contribution >= 4 is 37.2 Å². The van der Waals surface area contributed by atoms with Crippen molar-refractivity contribution in [1.82, 2.24) is 0 Å². The molecule has 1 aromatic carbocycles. The number of hydrogen-bond donors (Lipinski definition) is 2. The van der Waals surface area contributed by atoms with Gasteiger partial charge in [-0.05, 0) is 5.56 Å². The normalized spacial score (nSPS) is 10.5. The first kappa shape index (κ1) is 12.4. The van der Waals surface area contributed by atoms with Gasteiger partial charge in [-0.1, -0.05) is 30.3 Å². The van der Waals surface area contributed by atoms with Crippen LogP contribution in [0.1, 0.15) is 5.56 Å². The van der Waals surface area contributed by atoms with Crippen molar-refractivity contribution in [2.45, 2.75) is 6.16 Å². The van der Waals surface area contributed by atoms with Crippen LogP contribution in [0.4, 0.5) is 0 Å². The molecule has 12 heavy (non-hydrogen) atoms. The van der Waals surface area contributed by atoms with Crippen LogP contribution in [0.25, 0.3) is 0 Å². The summed E-state index contributed by atoms with van der Waals surface area (Å²) in [6, 6.07) is 8.71. The molecule has 0 heterocycles. The molecule has 5 heteroatoms. The molecule has 2 N–H and O–H groups in total. The van der Waals surface area contributed by atoms with E-state index in [1.165, 1.54) is 0 Å². The maximum Gasteiger partial charge on any atom is 0.329 e. The molecule has 0 unspecified atom stereocenters. The van der Waals surface area contributed by atoms with Crippen molar-refractivity contribution in [1.29, 1.82) is 0 Å². The molecule has 0 atom stereocenters. The van der Waals surface area contributed by atoms with Gasteiger partial charge >= 0.3 is 7.60 Å². The fourth-order valence-corrected chi connectivity index (χ4v) is 1.51. The summed E-state index contributed by atoms with van der Waals surface area (Å²) in [4.78, 5) is 17.2. The molecule has 1 rings (SSSR count). The Morgan fingerprint density at radius 2 is 1.67 bits per heavy atom. The number of hydrogen-bond acceptors (Lipinski definition) is 1. The zero-order valence-electron chi connectivity index (χ0n) is 6.84. The van der Waals surface area contributed by atoms with Crippen molar-refractivity contribution in [3.05, 3.63) is 35.9 Å². The monoisotopic (exact) mass is 195 g/mol. The zero-order chi connectivity index (χ0) is 8.32. The molecule has 0 saturated carbocycles. The Kier molecular flexibility index (Phi) is 5.34. The second-order valence-corrected chi connectivity index (χ2v) is 3.95. The Morgan fingerprint density at radius 1 is 1.17 bits per heavy atom. The summed E-state index contributed by atoms with van der Waals surface area (Å²) in [5.41, 5.74) is 0.667. The van der Waals surface area contributed by atoms with Gasteiger partial charge in [0.05, 0.1) is 6.16 Å². The van der Waals surface area contributed by atoms with Gasteiger partial charge in [-0.25, -0.2) is 0 Å². The van der Waals surface area contributed by atoms with E-state index in [1.807, 2.05) is 6.07 Å². The summed E-state index contributed by atoms with van der Waals surface area (Å²) < 4.78 is 10.5. The quantitative estimate of drug-likeness (QED) is 0.546. The van der Waals surface area contributed by atoms with Crippen molar-refractivity contribution in [3.63, 3.8) is 0 Å². The Balaban J connectivity index is 0.00000121. The second-order valence-electron chi connectivity index (χ2n) is 2.31. The minimum Gasteiger partial charge on any atom is -0.324 e. The smallest absolute Gasteiger partial charge is 0.324 e. The predicted molar refractivity (Wildman–Crippen MR) is 47.9 cm³/mol. The Bertz CT molecular complexity index is 269. The fraction of sp³-hybridized carbons (Fsp3) is 0.143. The molecule has 61 valence electrons. The van der Waals surface area contributed by atoms with Crippen LogP contribution >= 0.6 is 7.60 Å². The predicted octanol–water partition coefficient (Wildman–Crippen LogP) is 0.983. The summed E-state index contributed by atoms with van der Waals surface area (Å²) in [6.07, 6.45) is -0.173. The van der Waals surface area contributed by atoms with Crippen molar-refractivity contribution in [2.75, 3.05) is 0 Å². The van der Waals surface area contributed by atoms with Gasteiger partial charge in [-0.15, -0.1) is 0 Å². The van der Waals surface area contributed by atoms with Gasteiger partial charge in [-0.3, -0.25) is 4.57 Å². The van der Waals surface area contributed by atoms with Crippen LogP contribution in [-0.4, -0.2) is 39.3 Å². The molecule has 0 bridgehead atoms. The summed E-state index contributed by atoms with van der Waals surface area (Å²) in [5, 5.41) is 0. The van der Waals surface area contributed by atoms with Gasteiger partial charge in [0, 0.05) is 29.6 Å². The van der Waals surface area contributed by atoms with Crippen LogP contribution < -0.4 is 0 Å². The van der Waals surface area contributed by atoms with Gasteiger partial charge < -0.3 is 9.79 Å². The van der Waals surface area contributed by atoms with Crippen LogP contribution in [0.2, 0.25) is 0 Å². The van der Waals surface area contributed by atoms with Gasteiger partial charge in [-0.2, -0.15) is 0 Å². The van der Waals surface area contributed by atoms with Crippen LogP contribution in [0.3, 0.4) is 0 Å². The van der Waals surface area contributed by atoms with E-state index in [9.17, 15) is 4.57 Å². The van der Waals surface area contributed by atoms with Crippen molar-refractivity contribution in [3.8, 4) is 0 Å². The van der Waals surface area contributed by atoms with Crippen LogP contribution in [-0.2, 0) is 10.7 Å². The molecule has 0 spiro atoms. The van der Waals surface area contributed by atoms with E-state index < -0.39 is 7.60 Å². The summed E-state index contributed by atoms with van der Waals surface area (Å²) in [6.45, 7) is 0. The molecule has 0 amide bonds. The number of rotatable bonds is 2. The van der Waals surface area contributed by atoms with E-state index in [0.29, 0.717) is 5.56 Å². The largest absolute Gasteiger partial charge is 0.329 e. The topological polar surface area (TPSA) is 57.5 Å². The van der Waals surface area contributed by atoms with Crippen LogP contribution in [0.15, 0.2) is 30.3 Å². The van der Waals surface area contributed by atoms with Crippen molar-refractivity contribution < 1.29 is 14.4 Å². The van der Waals surface area contributed by atoms with E-state index in [4.69, 9.17) is 9.79 Å². The molecule has 1 aromatic rings. The van der Waals surface area contributed by atoms with E-state index in [-0.39, 0.29) is 35.7 Å². The third-order valence-corrected chi connectivity index (χ3v) is 2.01. The Labute approximate surface area is 93.3 Å². The Hall–Kier alpha value is 0.370. The number of benzene rings is 1. The SMILES string of the molecule is O=P(O)(O)Cc1ccccc1.[Na]. The molecule has 0 fully saturated rings. The maximum atomic E-state index is 10.5. The molecule has 3 nitrogen and oxygen atoms in total. The van der Waals surface area contributed by atoms with Gasteiger partial charge in [0.15, 0.2) is 0 Å². The van der Waals surface area contributed by atoms with E-state index in [2.05, 4.69) is 0 Å². The van der Waals surface area contributed by atoms with Crippen LogP contribution in [0.5, 0.6) is 0 Å². The molecular weight excluding hydrogens is 186 g/mol. The maximum absolute atomic E-state index is 10.5. The minimum atomic E-state index is -3.89. The summed E-state index contributed by atoms with van der Waals surface area (Å²) in [5.74, 6) is 0. The average Bonchev–Trinajstić information content (AvgIpc) is 1.85. The molecule has 0 aromatic heterocycles. The first-order valence-electron chi connectivity index (χ1n) is 3.16. The third-order valence-electron chi connectivity index (χ3n) is 1.23. The first-order chi connectivity index (χ1) is 5.08. The van der Waals surface area contributed by atoms with E-state index >= 15 is 0 Å². The van der Waals surface area contributed by atoms with Gasteiger partial charge in [0.1, 0.15) is 0 Å². The van der Waals surface area contributed by atoms with Gasteiger partial charge in [0.25, 0.3) is 0 Å². The molecule has 0 aliphatic carbocycles. The fourth-order valence-electron chi connectivity index (χ4n) is 0.821. The van der Waals surface area contributed by atoms with Crippen molar-refractivity contribution in [2.24, 2.45) is 0 Å². The minimum absolute atomic E-state index is 0. The average molecular weight is 195 g/mol. The summed E-state index contributed by atoms with van der Waals surface area (Å²) >= 11 is 0. The third kappa shape index (κ3) is 5.09. The van der Waals surface area contributed by atoms with Gasteiger partial charge in [0.2, 0.25) is 0 Å². The van der Waals surface area contributed by atoms with Crippen LogP contribution in [0, 0.1) is 0 Å². The molecule has 0 saturated heterocycles. The van der Waals surface area contributed by atoms with E-state index in [0.717, 1.165) is 0 Å². The standard InChI is InChI=1S/C7H9O3P.Na/c8-11(9,10)6-7-4-2-1-3-5-7;/h1-5H,6H2,(H2,8,9,10);. The molecule has 0 aliphatic heterocycles. The van der Waals surface area contributed by atoms with E-state index in [1.54, 1.807) is 24.3 Å². The zero-order valence-corrected chi connectivity index (χ0v) is 9.74.